The fourth-order valence-corrected chi connectivity index (χ4v) is 2.49. The number of nitrogens with zero attached hydrogens (tertiary/aromatic N) is 2. The van der Waals surface area contributed by atoms with E-state index < -0.39 is 0 Å². The van der Waals surface area contributed by atoms with Crippen molar-refractivity contribution in [3.05, 3.63) is 64.6 Å². The zero-order chi connectivity index (χ0) is 15.0. The number of carbonyl (C=O) groups excluding carboxylic acids is 1. The molecule has 2 aromatic heterocycles. The molecule has 0 saturated heterocycles. The molecule has 106 valence electrons. The highest BCUT2D eigenvalue weighted by Crippen LogP contribution is 2.18. The molecule has 0 saturated carbocycles. The number of carbonyl (C=O) groups is 1. The van der Waals surface area contributed by atoms with Crippen molar-refractivity contribution in [3.63, 3.8) is 0 Å². The summed E-state index contributed by atoms with van der Waals surface area (Å²) in [5.74, 6) is -0.201. The molecule has 5 heteroatoms. The predicted octanol–water partition coefficient (Wildman–Crippen LogP) is 3.86. The smallest absolute Gasteiger partial charge is 0.274 e. The molecule has 4 nitrogen and oxygen atoms in total. The summed E-state index contributed by atoms with van der Waals surface area (Å²) in [6.07, 6.45) is 1.90. The number of imidazole rings is 1. The SMILES string of the molecule is Cc1ccc2nc(C)c(C(=O)Nc3cccc(Cl)c3)n2c1. The van der Waals surface area contributed by atoms with E-state index in [1.165, 1.54) is 0 Å². The number of amides is 1. The van der Waals surface area contributed by atoms with Crippen molar-refractivity contribution in [2.24, 2.45) is 0 Å². The Morgan fingerprint density at radius 3 is 2.81 bits per heavy atom. The molecule has 3 rings (SSSR count). The van der Waals surface area contributed by atoms with E-state index in [1.54, 1.807) is 24.3 Å². The third-order valence-electron chi connectivity index (χ3n) is 3.24. The van der Waals surface area contributed by atoms with Gasteiger partial charge in [0.15, 0.2) is 0 Å². The maximum atomic E-state index is 12.5. The van der Waals surface area contributed by atoms with Gasteiger partial charge in [-0.2, -0.15) is 0 Å². The van der Waals surface area contributed by atoms with Crippen LogP contribution >= 0.6 is 11.6 Å². The van der Waals surface area contributed by atoms with Gasteiger partial charge in [0.2, 0.25) is 0 Å². The number of fused-ring (bicyclic) bond motifs is 1. The van der Waals surface area contributed by atoms with E-state index in [2.05, 4.69) is 10.3 Å². The van der Waals surface area contributed by atoms with Crippen LogP contribution in [-0.4, -0.2) is 15.3 Å². The highest BCUT2D eigenvalue weighted by Gasteiger charge is 2.16. The van der Waals surface area contributed by atoms with Crippen LogP contribution in [0.2, 0.25) is 5.02 Å². The zero-order valence-corrected chi connectivity index (χ0v) is 12.5. The van der Waals surface area contributed by atoms with Crippen molar-refractivity contribution in [2.75, 3.05) is 5.32 Å². The van der Waals surface area contributed by atoms with Crippen LogP contribution in [0.4, 0.5) is 5.69 Å². The Morgan fingerprint density at radius 2 is 2.05 bits per heavy atom. The van der Waals surface area contributed by atoms with Crippen LogP contribution in [0.25, 0.3) is 5.65 Å². The summed E-state index contributed by atoms with van der Waals surface area (Å²) >= 11 is 5.93. The quantitative estimate of drug-likeness (QED) is 0.781. The number of nitrogens with one attached hydrogen (secondary N) is 1. The number of benzene rings is 1. The van der Waals surface area contributed by atoms with E-state index in [9.17, 15) is 4.79 Å². The molecular weight excluding hydrogens is 286 g/mol. The lowest BCUT2D eigenvalue weighted by molar-refractivity contribution is 0.102. The topological polar surface area (TPSA) is 46.4 Å². The number of pyridine rings is 1. The Kier molecular flexibility index (Phi) is 3.39. The minimum Gasteiger partial charge on any atom is -0.321 e. The summed E-state index contributed by atoms with van der Waals surface area (Å²) in [4.78, 5) is 16.9. The number of halogens is 1. The first kappa shape index (κ1) is 13.6. The van der Waals surface area contributed by atoms with Crippen LogP contribution in [-0.2, 0) is 0 Å². The van der Waals surface area contributed by atoms with Gasteiger partial charge < -0.3 is 5.32 Å². The average Bonchev–Trinajstić information content (AvgIpc) is 2.74. The Balaban J connectivity index is 2.01. The van der Waals surface area contributed by atoms with E-state index in [0.717, 1.165) is 11.2 Å². The highest BCUT2D eigenvalue weighted by atomic mass is 35.5. The molecule has 3 aromatic rings. The Morgan fingerprint density at radius 1 is 1.24 bits per heavy atom. The number of hydrogen-bond acceptors (Lipinski definition) is 2. The molecule has 0 atom stereocenters. The van der Waals surface area contributed by atoms with Gasteiger partial charge in [-0.3, -0.25) is 9.20 Å². The first-order valence-corrected chi connectivity index (χ1v) is 6.94. The van der Waals surface area contributed by atoms with Crippen LogP contribution in [0.1, 0.15) is 21.7 Å². The highest BCUT2D eigenvalue weighted by molar-refractivity contribution is 6.30. The van der Waals surface area contributed by atoms with E-state index in [4.69, 9.17) is 11.6 Å². The van der Waals surface area contributed by atoms with Crippen molar-refractivity contribution >= 4 is 28.8 Å². The molecule has 0 spiro atoms. The first-order chi connectivity index (χ1) is 10.0. The molecule has 1 amide bonds. The largest absolute Gasteiger partial charge is 0.321 e. The first-order valence-electron chi connectivity index (χ1n) is 6.57. The van der Waals surface area contributed by atoms with Gasteiger partial charge in [0.25, 0.3) is 5.91 Å². The molecule has 0 aliphatic heterocycles. The van der Waals surface area contributed by atoms with Crippen molar-refractivity contribution in [1.82, 2.24) is 9.38 Å². The lowest BCUT2D eigenvalue weighted by Crippen LogP contribution is -2.15. The Bertz CT molecular complexity index is 839. The third kappa shape index (κ3) is 2.62. The minimum atomic E-state index is -0.201. The summed E-state index contributed by atoms with van der Waals surface area (Å²) in [5.41, 5.74) is 3.72. The van der Waals surface area contributed by atoms with E-state index in [0.29, 0.717) is 22.1 Å². The van der Waals surface area contributed by atoms with Crippen LogP contribution < -0.4 is 5.32 Å². The second-order valence-electron chi connectivity index (χ2n) is 4.94. The minimum absolute atomic E-state index is 0.201. The normalized spacial score (nSPS) is 10.8. The molecule has 0 aliphatic rings. The van der Waals surface area contributed by atoms with Gasteiger partial charge in [-0.05, 0) is 43.7 Å². The molecule has 0 radical (unpaired) electrons. The second kappa shape index (κ2) is 5.22. The molecule has 0 aliphatic carbocycles. The maximum Gasteiger partial charge on any atom is 0.274 e. The van der Waals surface area contributed by atoms with Crippen LogP contribution in [0.5, 0.6) is 0 Å². The van der Waals surface area contributed by atoms with Crippen molar-refractivity contribution in [3.8, 4) is 0 Å². The van der Waals surface area contributed by atoms with Crippen molar-refractivity contribution < 1.29 is 4.79 Å². The van der Waals surface area contributed by atoms with Gasteiger partial charge in [0, 0.05) is 16.9 Å². The van der Waals surface area contributed by atoms with Gasteiger partial charge in [-0.25, -0.2) is 4.98 Å². The number of aryl methyl sites for hydroxylation is 2. The fraction of sp³-hybridized carbons (Fsp3) is 0.125. The number of hydrogen-bond donors (Lipinski definition) is 1. The Labute approximate surface area is 127 Å². The molecule has 0 bridgehead atoms. The van der Waals surface area contributed by atoms with E-state index >= 15 is 0 Å². The molecule has 1 N–H and O–H groups in total. The number of rotatable bonds is 2. The molecule has 0 fully saturated rings. The summed E-state index contributed by atoms with van der Waals surface area (Å²) in [6.45, 7) is 3.81. The lowest BCUT2D eigenvalue weighted by atomic mass is 10.2. The monoisotopic (exact) mass is 299 g/mol. The summed E-state index contributed by atoms with van der Waals surface area (Å²) < 4.78 is 1.81. The van der Waals surface area contributed by atoms with Gasteiger partial charge in [0.05, 0.1) is 5.69 Å². The van der Waals surface area contributed by atoms with Crippen LogP contribution in [0.15, 0.2) is 42.6 Å². The maximum absolute atomic E-state index is 12.5. The summed E-state index contributed by atoms with van der Waals surface area (Å²) in [7, 11) is 0. The van der Waals surface area contributed by atoms with Crippen LogP contribution in [0, 0.1) is 13.8 Å². The number of aromatic nitrogens is 2. The zero-order valence-electron chi connectivity index (χ0n) is 11.7. The predicted molar refractivity (Wildman–Crippen MR) is 84.1 cm³/mol. The molecule has 1 aromatic carbocycles. The number of anilines is 1. The van der Waals surface area contributed by atoms with E-state index in [1.807, 2.05) is 36.6 Å². The van der Waals surface area contributed by atoms with Gasteiger partial charge in [0.1, 0.15) is 11.3 Å². The molecule has 21 heavy (non-hydrogen) atoms. The summed E-state index contributed by atoms with van der Waals surface area (Å²) in [6, 6.07) is 10.9. The molecule has 2 heterocycles. The lowest BCUT2D eigenvalue weighted by Gasteiger charge is -2.06. The van der Waals surface area contributed by atoms with Crippen molar-refractivity contribution in [1.29, 1.82) is 0 Å². The van der Waals surface area contributed by atoms with Crippen LogP contribution in [0.3, 0.4) is 0 Å². The third-order valence-corrected chi connectivity index (χ3v) is 3.47. The second-order valence-corrected chi connectivity index (χ2v) is 5.38. The van der Waals surface area contributed by atoms with Gasteiger partial charge in [-0.15, -0.1) is 0 Å². The van der Waals surface area contributed by atoms with Gasteiger partial charge in [-0.1, -0.05) is 23.7 Å². The fourth-order valence-electron chi connectivity index (χ4n) is 2.30. The van der Waals surface area contributed by atoms with E-state index in [-0.39, 0.29) is 5.91 Å². The molecule has 0 unspecified atom stereocenters. The molecular formula is C16H14ClN3O. The summed E-state index contributed by atoms with van der Waals surface area (Å²) in [5, 5.41) is 3.44. The standard InChI is InChI=1S/C16H14ClN3O/c1-10-6-7-14-18-11(2)15(20(14)9-10)16(21)19-13-5-3-4-12(17)8-13/h3-9H,1-2H3,(H,19,21). The Hall–Kier alpha value is -2.33. The van der Waals surface area contributed by atoms with Crippen molar-refractivity contribution in [2.45, 2.75) is 13.8 Å². The average molecular weight is 300 g/mol. The van der Waals surface area contributed by atoms with Gasteiger partial charge >= 0.3 is 0 Å².